The summed E-state index contributed by atoms with van der Waals surface area (Å²) in [6, 6.07) is 2.05. The van der Waals surface area contributed by atoms with Crippen LogP contribution in [-0.4, -0.2) is 38.3 Å². The number of imidazole rings is 1. The van der Waals surface area contributed by atoms with Crippen LogP contribution in [0.3, 0.4) is 0 Å². The summed E-state index contributed by atoms with van der Waals surface area (Å²) in [6.07, 6.45) is 3.35. The molecule has 0 amide bonds. The molecule has 38 heavy (non-hydrogen) atoms. The first-order valence-corrected chi connectivity index (χ1v) is 13.5. The van der Waals surface area contributed by atoms with Gasteiger partial charge in [0.25, 0.3) is 0 Å². The molecule has 0 spiro atoms. The number of nitrogens with zero attached hydrogens (tertiary/aromatic N) is 5. The highest BCUT2D eigenvalue weighted by molar-refractivity contribution is 6.30. The van der Waals surface area contributed by atoms with E-state index in [9.17, 15) is 13.2 Å². The van der Waals surface area contributed by atoms with Crippen molar-refractivity contribution < 1.29 is 13.2 Å². The minimum Gasteiger partial charge on any atom is -0.330 e. The van der Waals surface area contributed by atoms with Crippen molar-refractivity contribution in [2.75, 3.05) is 11.4 Å². The van der Waals surface area contributed by atoms with E-state index in [0.717, 1.165) is 25.7 Å². The Morgan fingerprint density at radius 2 is 1.79 bits per heavy atom. The summed E-state index contributed by atoms with van der Waals surface area (Å²) in [7, 11) is 0. The number of rotatable bonds is 5. The molecule has 6 rings (SSSR count). The number of fused-ring (bicyclic) bond motifs is 1. The van der Waals surface area contributed by atoms with Crippen molar-refractivity contribution in [3.8, 4) is 11.3 Å². The molecule has 3 fully saturated rings. The molecule has 2 saturated heterocycles. The highest BCUT2D eigenvalue weighted by Gasteiger charge is 2.47. The van der Waals surface area contributed by atoms with Crippen molar-refractivity contribution in [3.63, 3.8) is 0 Å². The van der Waals surface area contributed by atoms with Gasteiger partial charge in [0.15, 0.2) is 0 Å². The molecule has 204 valence electrons. The molecule has 13 heteroatoms. The predicted molar refractivity (Wildman–Crippen MR) is 139 cm³/mol. The lowest BCUT2D eigenvalue weighted by Gasteiger charge is -2.31. The van der Waals surface area contributed by atoms with E-state index in [1.54, 1.807) is 18.5 Å². The lowest BCUT2D eigenvalue weighted by Crippen LogP contribution is -2.42. The Bertz CT molecular complexity index is 1300. The third-order valence-electron chi connectivity index (χ3n) is 7.96. The fraction of sp³-hybridized carbons (Fsp3) is 0.560. The molecule has 0 radical (unpaired) electrons. The quantitative estimate of drug-likeness (QED) is 0.366. The molecule has 0 bridgehead atoms. The van der Waals surface area contributed by atoms with E-state index in [4.69, 9.17) is 21.6 Å². The van der Waals surface area contributed by atoms with Gasteiger partial charge in [-0.1, -0.05) is 31.4 Å². The maximum absolute atomic E-state index is 14.1. The maximum atomic E-state index is 14.1. The van der Waals surface area contributed by atoms with Crippen LogP contribution in [0.5, 0.6) is 0 Å². The van der Waals surface area contributed by atoms with Gasteiger partial charge in [0.2, 0.25) is 5.95 Å². The van der Waals surface area contributed by atoms with E-state index in [2.05, 4.69) is 33.8 Å². The van der Waals surface area contributed by atoms with E-state index < -0.39 is 12.2 Å². The van der Waals surface area contributed by atoms with Crippen molar-refractivity contribution in [3.05, 3.63) is 35.2 Å². The molecular weight excluding hydrogens is 519 g/mol. The first-order chi connectivity index (χ1) is 18.3. The van der Waals surface area contributed by atoms with Crippen LogP contribution in [-0.2, 0) is 6.54 Å². The minimum atomic E-state index is -4.34. The zero-order valence-corrected chi connectivity index (χ0v) is 21.8. The first kappa shape index (κ1) is 25.8. The van der Waals surface area contributed by atoms with E-state index >= 15 is 0 Å². The summed E-state index contributed by atoms with van der Waals surface area (Å²) in [5.41, 5.74) is 14.8. The standard InChI is InChI=1S/C25H31ClF3N9/c1-14-4-6-15(7-5-14)13-38-22-18(32-24(38)37-8-2-3-20(37)25(27,28)29)10-19(23-33-35-36-34-23)31-21(22)16-9-17(26)12-30-11-16/h9-12,14-15,20,23,33-36H,2-8,13H2,1H3/t14?,15?,20-/m0/s1. The number of anilines is 1. The molecule has 0 aromatic carbocycles. The van der Waals surface area contributed by atoms with Crippen LogP contribution in [0, 0.1) is 11.8 Å². The SMILES string of the molecule is CC1CCC(Cn2c(N3CCC[C@H]3C(F)(F)F)nc3cc(C4NNNN4)nc(-c4cncc(Cl)c4)c32)CC1. The number of hydrazine groups is 3. The average Bonchev–Trinajstić information content (AvgIpc) is 3.65. The van der Waals surface area contributed by atoms with Crippen molar-refractivity contribution in [1.29, 1.82) is 0 Å². The molecule has 1 aliphatic carbocycles. The minimum absolute atomic E-state index is 0.0650. The smallest absolute Gasteiger partial charge is 0.330 e. The van der Waals surface area contributed by atoms with Crippen LogP contribution in [0.2, 0.25) is 5.02 Å². The van der Waals surface area contributed by atoms with Gasteiger partial charge in [0.1, 0.15) is 12.2 Å². The predicted octanol–water partition coefficient (Wildman–Crippen LogP) is 4.62. The van der Waals surface area contributed by atoms with E-state index in [0.29, 0.717) is 70.3 Å². The molecule has 2 aliphatic heterocycles. The number of hydrogen-bond acceptors (Lipinski definition) is 8. The normalized spacial score (nSPS) is 25.1. The number of alkyl halides is 3. The third-order valence-corrected chi connectivity index (χ3v) is 8.16. The van der Waals surface area contributed by atoms with Crippen molar-refractivity contribution >= 4 is 28.6 Å². The Morgan fingerprint density at radius 3 is 2.50 bits per heavy atom. The zero-order chi connectivity index (χ0) is 26.4. The monoisotopic (exact) mass is 549 g/mol. The molecule has 4 N–H and O–H groups in total. The Labute approximate surface area is 223 Å². The fourth-order valence-corrected chi connectivity index (χ4v) is 6.14. The van der Waals surface area contributed by atoms with Crippen LogP contribution >= 0.6 is 11.6 Å². The Hall–Kier alpha value is -2.51. The van der Waals surface area contributed by atoms with Gasteiger partial charge in [0.05, 0.1) is 27.4 Å². The first-order valence-electron chi connectivity index (χ1n) is 13.1. The van der Waals surface area contributed by atoms with Gasteiger partial charge in [-0.2, -0.15) is 24.2 Å². The summed E-state index contributed by atoms with van der Waals surface area (Å²) in [4.78, 5) is 15.5. The molecule has 3 aromatic heterocycles. The second-order valence-corrected chi connectivity index (χ2v) is 11.1. The number of pyridine rings is 2. The second-order valence-electron chi connectivity index (χ2n) is 10.7. The van der Waals surface area contributed by atoms with Gasteiger partial charge in [-0.3, -0.25) is 4.98 Å². The molecule has 0 unspecified atom stereocenters. The molecule has 5 heterocycles. The highest BCUT2D eigenvalue weighted by atomic mass is 35.5. The highest BCUT2D eigenvalue weighted by Crippen LogP contribution is 2.40. The number of hydrogen-bond donors (Lipinski definition) is 4. The maximum Gasteiger partial charge on any atom is 0.408 e. The van der Waals surface area contributed by atoms with Crippen LogP contribution in [0.15, 0.2) is 24.5 Å². The fourth-order valence-electron chi connectivity index (χ4n) is 5.96. The van der Waals surface area contributed by atoms with Gasteiger partial charge in [-0.25, -0.2) is 20.8 Å². The van der Waals surface area contributed by atoms with Crippen molar-refractivity contribution in [2.45, 2.75) is 70.4 Å². The Morgan fingerprint density at radius 1 is 1.03 bits per heavy atom. The van der Waals surface area contributed by atoms with Crippen LogP contribution in [0.4, 0.5) is 19.1 Å². The molecule has 9 nitrogen and oxygen atoms in total. The largest absolute Gasteiger partial charge is 0.408 e. The van der Waals surface area contributed by atoms with Crippen molar-refractivity contribution in [2.24, 2.45) is 11.8 Å². The van der Waals surface area contributed by atoms with Gasteiger partial charge in [0, 0.05) is 31.0 Å². The Balaban J connectivity index is 1.55. The lowest BCUT2D eigenvalue weighted by molar-refractivity contribution is -0.146. The van der Waals surface area contributed by atoms with E-state index in [1.165, 1.54) is 4.90 Å². The van der Waals surface area contributed by atoms with Crippen molar-refractivity contribution in [1.82, 2.24) is 41.4 Å². The van der Waals surface area contributed by atoms with Crippen LogP contribution in [0.1, 0.15) is 57.3 Å². The zero-order valence-electron chi connectivity index (χ0n) is 21.0. The van der Waals surface area contributed by atoms with Crippen LogP contribution < -0.4 is 26.8 Å². The molecule has 3 aromatic rings. The summed E-state index contributed by atoms with van der Waals surface area (Å²) < 4.78 is 44.3. The van der Waals surface area contributed by atoms with Gasteiger partial charge < -0.3 is 9.47 Å². The lowest BCUT2D eigenvalue weighted by atomic mass is 9.83. The summed E-state index contributed by atoms with van der Waals surface area (Å²) in [6.45, 7) is 3.16. The van der Waals surface area contributed by atoms with Crippen LogP contribution in [0.25, 0.3) is 22.3 Å². The average molecular weight is 550 g/mol. The molecule has 1 saturated carbocycles. The topological polar surface area (TPSA) is 95.0 Å². The summed E-state index contributed by atoms with van der Waals surface area (Å²) >= 11 is 6.31. The second kappa shape index (κ2) is 10.2. The summed E-state index contributed by atoms with van der Waals surface area (Å²) in [5.74, 6) is 1.38. The molecular formula is C25H31ClF3N9. The van der Waals surface area contributed by atoms with Gasteiger partial charge >= 0.3 is 6.18 Å². The number of halogens is 4. The van der Waals surface area contributed by atoms with Gasteiger partial charge in [-0.05, 0) is 49.7 Å². The summed E-state index contributed by atoms with van der Waals surface area (Å²) in [5, 5.41) is 0.451. The van der Waals surface area contributed by atoms with Gasteiger partial charge in [-0.15, -0.1) is 0 Å². The number of nitrogens with one attached hydrogen (secondary N) is 4. The molecule has 1 atom stereocenters. The van der Waals surface area contributed by atoms with E-state index in [1.807, 2.05) is 10.6 Å². The van der Waals surface area contributed by atoms with E-state index in [-0.39, 0.29) is 12.6 Å². The molecule has 3 aliphatic rings. The third kappa shape index (κ3) is 4.95. The Kier molecular flexibility index (Phi) is 6.93. The number of aromatic nitrogens is 4.